The molecular formula is C18H15NO2S2. The van der Waals surface area contributed by atoms with Gasteiger partial charge >= 0.3 is 0 Å². The van der Waals surface area contributed by atoms with E-state index in [-0.39, 0.29) is 17.1 Å². The maximum atomic E-state index is 12.8. The van der Waals surface area contributed by atoms with Gasteiger partial charge in [0.1, 0.15) is 21.1 Å². The number of thioether (sulfide) groups is 1. The summed E-state index contributed by atoms with van der Waals surface area (Å²) in [4.78, 5) is 14.5. The number of thiocarbonyl (C=S) groups is 1. The predicted molar refractivity (Wildman–Crippen MR) is 96.2 cm³/mol. The Morgan fingerprint density at radius 2 is 1.65 bits per heavy atom. The topological polar surface area (TPSA) is 29.5 Å². The molecule has 2 aliphatic rings. The van der Waals surface area contributed by atoms with Gasteiger partial charge in [-0.1, -0.05) is 60.4 Å². The van der Waals surface area contributed by atoms with Crippen molar-refractivity contribution in [2.75, 3.05) is 6.54 Å². The summed E-state index contributed by atoms with van der Waals surface area (Å²) in [5.41, 5.74) is 2.11. The van der Waals surface area contributed by atoms with Crippen molar-refractivity contribution >= 4 is 34.2 Å². The number of ether oxygens (including phenoxy) is 1. The van der Waals surface area contributed by atoms with Crippen LogP contribution in [0, 0.1) is 0 Å². The minimum Gasteiger partial charge on any atom is -0.457 e. The van der Waals surface area contributed by atoms with E-state index in [1.807, 2.05) is 55.5 Å². The molecule has 116 valence electrons. The summed E-state index contributed by atoms with van der Waals surface area (Å²) >= 11 is 6.89. The molecule has 3 nitrogen and oxygen atoms in total. The van der Waals surface area contributed by atoms with Gasteiger partial charge in [0.05, 0.1) is 0 Å². The second kappa shape index (κ2) is 5.65. The Bertz CT molecular complexity index is 760. The summed E-state index contributed by atoms with van der Waals surface area (Å²) in [5.74, 6) is 1.71. The Kier molecular flexibility index (Phi) is 3.62. The van der Waals surface area contributed by atoms with Crippen LogP contribution in [0.4, 0.5) is 0 Å². The number of hydrogen-bond acceptors (Lipinski definition) is 4. The number of para-hydroxylation sites is 2. The molecular weight excluding hydrogens is 326 g/mol. The summed E-state index contributed by atoms with van der Waals surface area (Å²) in [7, 11) is 0. The van der Waals surface area contributed by atoms with Crippen LogP contribution in [0.15, 0.2) is 48.5 Å². The maximum absolute atomic E-state index is 12.8. The van der Waals surface area contributed by atoms with Crippen LogP contribution >= 0.6 is 24.0 Å². The van der Waals surface area contributed by atoms with Gasteiger partial charge in [-0.3, -0.25) is 9.69 Å². The Hall–Kier alpha value is -1.85. The Balaban J connectivity index is 1.85. The Morgan fingerprint density at radius 1 is 1.09 bits per heavy atom. The number of fused-ring (bicyclic) bond motifs is 2. The van der Waals surface area contributed by atoms with Crippen molar-refractivity contribution in [3.05, 3.63) is 59.7 Å². The molecule has 1 atom stereocenters. The monoisotopic (exact) mass is 341 g/mol. The van der Waals surface area contributed by atoms with Crippen LogP contribution in [0.25, 0.3) is 0 Å². The van der Waals surface area contributed by atoms with Crippen molar-refractivity contribution in [1.29, 1.82) is 0 Å². The molecule has 1 amide bonds. The van der Waals surface area contributed by atoms with Gasteiger partial charge in [0.2, 0.25) is 5.91 Å². The van der Waals surface area contributed by atoms with Crippen LogP contribution in [-0.4, -0.2) is 26.9 Å². The first-order valence-electron chi connectivity index (χ1n) is 7.58. The third kappa shape index (κ3) is 2.26. The van der Waals surface area contributed by atoms with Gasteiger partial charge in [0.15, 0.2) is 0 Å². The molecule has 0 aliphatic carbocycles. The standard InChI is InChI=1S/C18H15NO2S2/c1-2-19-17(20)16(23-18(19)22)15-11-7-3-5-9-13(11)21-14-10-6-4-8-12(14)15/h3-10,15-16H,2H2,1H3. The molecule has 1 fully saturated rings. The lowest BCUT2D eigenvalue weighted by molar-refractivity contribution is -0.126. The average molecular weight is 341 g/mol. The summed E-state index contributed by atoms with van der Waals surface area (Å²) < 4.78 is 6.69. The smallest absolute Gasteiger partial charge is 0.242 e. The first-order chi connectivity index (χ1) is 11.2. The average Bonchev–Trinajstić information content (AvgIpc) is 2.86. The van der Waals surface area contributed by atoms with E-state index in [0.29, 0.717) is 10.9 Å². The molecule has 0 aromatic heterocycles. The third-order valence-corrected chi connectivity index (χ3v) is 5.96. The van der Waals surface area contributed by atoms with Crippen molar-refractivity contribution in [2.45, 2.75) is 18.1 Å². The van der Waals surface area contributed by atoms with Crippen LogP contribution in [0.1, 0.15) is 24.0 Å². The molecule has 23 heavy (non-hydrogen) atoms. The van der Waals surface area contributed by atoms with E-state index >= 15 is 0 Å². The molecule has 2 aromatic rings. The number of amides is 1. The minimum absolute atomic E-state index is 0.0388. The fraction of sp³-hybridized carbons (Fsp3) is 0.222. The van der Waals surface area contributed by atoms with E-state index in [0.717, 1.165) is 22.6 Å². The second-order valence-corrected chi connectivity index (χ2v) is 7.32. The predicted octanol–water partition coefficient (Wildman–Crippen LogP) is 4.17. The van der Waals surface area contributed by atoms with E-state index in [1.54, 1.807) is 4.90 Å². The molecule has 1 saturated heterocycles. The van der Waals surface area contributed by atoms with Gasteiger partial charge in [-0.15, -0.1) is 0 Å². The largest absolute Gasteiger partial charge is 0.457 e. The first-order valence-corrected chi connectivity index (χ1v) is 8.87. The lowest BCUT2D eigenvalue weighted by Gasteiger charge is -2.30. The Labute approximate surface area is 144 Å². The van der Waals surface area contributed by atoms with Crippen LogP contribution in [0.3, 0.4) is 0 Å². The third-order valence-electron chi connectivity index (χ3n) is 4.30. The highest BCUT2D eigenvalue weighted by Crippen LogP contribution is 2.50. The van der Waals surface area contributed by atoms with Crippen LogP contribution in [0.2, 0.25) is 0 Å². The SMILES string of the molecule is CCN1C(=O)C(C2c3ccccc3Oc3ccccc32)SC1=S. The first kappa shape index (κ1) is 14.7. The molecule has 5 heteroatoms. The van der Waals surface area contributed by atoms with E-state index in [1.165, 1.54) is 11.8 Å². The van der Waals surface area contributed by atoms with E-state index < -0.39 is 0 Å². The van der Waals surface area contributed by atoms with Crippen LogP contribution < -0.4 is 4.74 Å². The maximum Gasteiger partial charge on any atom is 0.242 e. The van der Waals surface area contributed by atoms with Crippen molar-refractivity contribution in [2.24, 2.45) is 0 Å². The zero-order chi connectivity index (χ0) is 16.0. The number of carbonyl (C=O) groups is 1. The fourth-order valence-electron chi connectivity index (χ4n) is 3.23. The molecule has 2 heterocycles. The molecule has 0 radical (unpaired) electrons. The van der Waals surface area contributed by atoms with Crippen molar-refractivity contribution in [3.63, 3.8) is 0 Å². The molecule has 4 rings (SSSR count). The number of benzene rings is 2. The van der Waals surface area contributed by atoms with Gasteiger partial charge < -0.3 is 4.74 Å². The van der Waals surface area contributed by atoms with E-state index in [4.69, 9.17) is 17.0 Å². The van der Waals surface area contributed by atoms with Gasteiger partial charge in [0, 0.05) is 23.6 Å². The van der Waals surface area contributed by atoms with E-state index in [2.05, 4.69) is 0 Å². The van der Waals surface area contributed by atoms with Crippen LogP contribution in [0.5, 0.6) is 11.5 Å². The molecule has 2 aromatic carbocycles. The normalized spacial score (nSPS) is 20.2. The quantitative estimate of drug-likeness (QED) is 0.767. The lowest BCUT2D eigenvalue weighted by atomic mass is 9.85. The Morgan fingerprint density at radius 3 is 2.17 bits per heavy atom. The van der Waals surface area contributed by atoms with Gasteiger partial charge in [0.25, 0.3) is 0 Å². The summed E-state index contributed by atoms with van der Waals surface area (Å²) in [6.07, 6.45) is 0. The minimum atomic E-state index is -0.228. The number of nitrogens with zero attached hydrogens (tertiary/aromatic N) is 1. The second-order valence-electron chi connectivity index (χ2n) is 5.54. The van der Waals surface area contributed by atoms with Gasteiger partial charge in [-0.25, -0.2) is 0 Å². The summed E-state index contributed by atoms with van der Waals surface area (Å²) in [6.45, 7) is 2.58. The molecule has 0 N–H and O–H groups in total. The zero-order valence-electron chi connectivity index (χ0n) is 12.6. The summed E-state index contributed by atoms with van der Waals surface area (Å²) in [6, 6.07) is 15.9. The summed E-state index contributed by atoms with van der Waals surface area (Å²) in [5, 5.41) is -0.228. The molecule has 0 bridgehead atoms. The van der Waals surface area contributed by atoms with Gasteiger partial charge in [-0.05, 0) is 19.1 Å². The van der Waals surface area contributed by atoms with Crippen molar-refractivity contribution in [3.8, 4) is 11.5 Å². The molecule has 1 unspecified atom stereocenters. The molecule has 0 saturated carbocycles. The lowest BCUT2D eigenvalue weighted by Crippen LogP contribution is -2.34. The fourth-order valence-corrected chi connectivity index (χ4v) is 4.99. The highest BCUT2D eigenvalue weighted by Gasteiger charge is 2.45. The van der Waals surface area contributed by atoms with E-state index in [9.17, 15) is 4.79 Å². The number of hydrogen-bond donors (Lipinski definition) is 0. The zero-order valence-corrected chi connectivity index (χ0v) is 14.2. The van der Waals surface area contributed by atoms with Crippen molar-refractivity contribution < 1.29 is 9.53 Å². The number of carbonyl (C=O) groups excluding carboxylic acids is 1. The number of rotatable bonds is 2. The van der Waals surface area contributed by atoms with Crippen molar-refractivity contribution in [1.82, 2.24) is 4.90 Å². The van der Waals surface area contributed by atoms with Crippen LogP contribution in [-0.2, 0) is 4.79 Å². The highest BCUT2D eigenvalue weighted by molar-refractivity contribution is 8.24. The van der Waals surface area contributed by atoms with Gasteiger partial charge in [-0.2, -0.15) is 0 Å². The molecule has 0 spiro atoms. The highest BCUT2D eigenvalue weighted by atomic mass is 32.2. The molecule has 2 aliphatic heterocycles.